The summed E-state index contributed by atoms with van der Waals surface area (Å²) in [7, 11) is 0. The van der Waals surface area contributed by atoms with E-state index in [4.69, 9.17) is 30.5 Å². The molecule has 2 N–H and O–H groups in total. The molecule has 0 spiro atoms. The van der Waals surface area contributed by atoms with Crippen molar-refractivity contribution in [3.05, 3.63) is 0 Å². The van der Waals surface area contributed by atoms with Gasteiger partial charge in [-0.15, -0.1) is 0 Å². The summed E-state index contributed by atoms with van der Waals surface area (Å²) < 4.78 is 17.1. The Balaban J connectivity index is 2.51. The van der Waals surface area contributed by atoms with Crippen LogP contribution in [0, 0.1) is 28.1 Å². The molecule has 1 aliphatic rings. The highest BCUT2D eigenvalue weighted by atomic mass is 16.7. The summed E-state index contributed by atoms with van der Waals surface area (Å²) in [5.74, 6) is -0.552. The van der Waals surface area contributed by atoms with E-state index in [2.05, 4.69) is 12.1 Å². The Kier molecular flexibility index (Phi) is 7.78. The molecule has 0 aromatic rings. The van der Waals surface area contributed by atoms with Crippen molar-refractivity contribution in [1.82, 2.24) is 0 Å². The zero-order valence-electron chi connectivity index (χ0n) is 13.6. The molecular weight excluding hydrogens is 282 g/mol. The van der Waals surface area contributed by atoms with Crippen molar-refractivity contribution >= 4 is 0 Å². The first-order valence-electron chi connectivity index (χ1n) is 7.80. The fraction of sp³-hybridized carbons (Fsp3) is 0.875. The first-order chi connectivity index (χ1) is 10.5. The number of ether oxygens (including phenoxy) is 3. The highest BCUT2D eigenvalue weighted by Gasteiger charge is 2.34. The minimum Gasteiger partial charge on any atom is -0.378 e. The molecule has 0 aromatic heterocycles. The molecule has 22 heavy (non-hydrogen) atoms. The number of rotatable bonds is 10. The Morgan fingerprint density at radius 3 is 2.32 bits per heavy atom. The zero-order chi connectivity index (χ0) is 16.5. The molecule has 1 fully saturated rings. The number of nitrogens with two attached hydrogens (primary N) is 1. The first kappa shape index (κ1) is 18.9. The molecule has 6 nitrogen and oxygen atoms in total. The number of hydrogen-bond donors (Lipinski definition) is 1. The second kappa shape index (κ2) is 9.07. The van der Waals surface area contributed by atoms with Crippen molar-refractivity contribution in [3.63, 3.8) is 0 Å². The monoisotopic (exact) mass is 309 g/mol. The van der Waals surface area contributed by atoms with Crippen LogP contribution in [0.15, 0.2) is 0 Å². The largest absolute Gasteiger partial charge is 0.378 e. The van der Waals surface area contributed by atoms with E-state index in [9.17, 15) is 0 Å². The highest BCUT2D eigenvalue weighted by molar-refractivity contribution is 4.87. The number of hydrogen-bond acceptors (Lipinski definition) is 6. The van der Waals surface area contributed by atoms with E-state index in [0.29, 0.717) is 52.0 Å². The van der Waals surface area contributed by atoms with Crippen molar-refractivity contribution in [3.8, 4) is 12.1 Å². The second-order valence-electron chi connectivity index (χ2n) is 6.32. The van der Waals surface area contributed by atoms with Gasteiger partial charge in [0.25, 0.3) is 0 Å². The summed E-state index contributed by atoms with van der Waals surface area (Å²) in [6.07, 6.45) is 2.99. The average molecular weight is 309 g/mol. The van der Waals surface area contributed by atoms with Crippen LogP contribution in [-0.2, 0) is 14.2 Å². The predicted octanol–water partition coefficient (Wildman–Crippen LogP) is 2.10. The third-order valence-electron chi connectivity index (χ3n) is 3.99. The van der Waals surface area contributed by atoms with Gasteiger partial charge in [-0.05, 0) is 45.1 Å². The van der Waals surface area contributed by atoms with Gasteiger partial charge in [0, 0.05) is 12.8 Å². The topological polar surface area (TPSA) is 101 Å². The standard InChI is InChI=1S/C16H27N3O3/c1-15(2)21-12-14(22-15)11-20-13-16(7-10-19,5-3-8-17)6-4-9-18/h14H,3-7,10-13,19H2,1-2H3. The zero-order valence-corrected chi connectivity index (χ0v) is 13.6. The van der Waals surface area contributed by atoms with Gasteiger partial charge in [-0.1, -0.05) is 0 Å². The van der Waals surface area contributed by atoms with Gasteiger partial charge in [0.2, 0.25) is 0 Å². The van der Waals surface area contributed by atoms with Crippen LogP contribution >= 0.6 is 0 Å². The molecule has 1 saturated heterocycles. The van der Waals surface area contributed by atoms with Gasteiger partial charge in [0.15, 0.2) is 5.79 Å². The van der Waals surface area contributed by atoms with Crippen molar-refractivity contribution in [2.45, 2.75) is 57.8 Å². The van der Waals surface area contributed by atoms with E-state index in [1.54, 1.807) is 0 Å². The molecule has 1 aliphatic heterocycles. The third-order valence-corrected chi connectivity index (χ3v) is 3.99. The number of nitriles is 2. The average Bonchev–Trinajstić information content (AvgIpc) is 2.82. The van der Waals surface area contributed by atoms with Gasteiger partial charge in [-0.2, -0.15) is 10.5 Å². The maximum Gasteiger partial charge on any atom is 0.163 e. The maximum atomic E-state index is 8.86. The van der Waals surface area contributed by atoms with E-state index in [0.717, 1.165) is 6.42 Å². The highest BCUT2D eigenvalue weighted by Crippen LogP contribution is 2.34. The summed E-state index contributed by atoms with van der Waals surface area (Å²) in [6.45, 7) is 5.75. The minimum absolute atomic E-state index is 0.0717. The van der Waals surface area contributed by atoms with Crippen molar-refractivity contribution < 1.29 is 14.2 Å². The fourth-order valence-electron chi connectivity index (χ4n) is 2.79. The molecule has 1 heterocycles. The van der Waals surface area contributed by atoms with Gasteiger partial charge < -0.3 is 19.9 Å². The van der Waals surface area contributed by atoms with Crippen molar-refractivity contribution in [2.75, 3.05) is 26.4 Å². The lowest BCUT2D eigenvalue weighted by molar-refractivity contribution is -0.147. The normalized spacial score (nSPS) is 20.5. The molecule has 1 rings (SSSR count). The summed E-state index contributed by atoms with van der Waals surface area (Å²) in [4.78, 5) is 0. The van der Waals surface area contributed by atoms with E-state index < -0.39 is 5.79 Å². The van der Waals surface area contributed by atoms with Gasteiger partial charge in [0.1, 0.15) is 6.10 Å². The molecule has 0 radical (unpaired) electrons. The van der Waals surface area contributed by atoms with E-state index in [1.807, 2.05) is 13.8 Å². The predicted molar refractivity (Wildman–Crippen MR) is 81.5 cm³/mol. The fourth-order valence-corrected chi connectivity index (χ4v) is 2.79. The van der Waals surface area contributed by atoms with Crippen LogP contribution in [0.2, 0.25) is 0 Å². The van der Waals surface area contributed by atoms with E-state index in [1.165, 1.54) is 0 Å². The van der Waals surface area contributed by atoms with Crippen LogP contribution in [-0.4, -0.2) is 38.3 Å². The van der Waals surface area contributed by atoms with Crippen molar-refractivity contribution in [2.24, 2.45) is 11.1 Å². The molecule has 124 valence electrons. The molecule has 0 aromatic carbocycles. The smallest absolute Gasteiger partial charge is 0.163 e. The molecule has 0 saturated carbocycles. The molecular formula is C16H27N3O3. The summed E-state index contributed by atoms with van der Waals surface area (Å²) in [5, 5.41) is 17.7. The summed E-state index contributed by atoms with van der Waals surface area (Å²) >= 11 is 0. The molecule has 0 aliphatic carbocycles. The van der Waals surface area contributed by atoms with Gasteiger partial charge in [0.05, 0.1) is 32.0 Å². The van der Waals surface area contributed by atoms with Crippen LogP contribution in [0.25, 0.3) is 0 Å². The summed E-state index contributed by atoms with van der Waals surface area (Å²) in [5.41, 5.74) is 5.52. The van der Waals surface area contributed by atoms with Gasteiger partial charge >= 0.3 is 0 Å². The SMILES string of the molecule is CC1(C)OCC(COCC(CCN)(CCC#N)CCC#N)O1. The first-order valence-corrected chi connectivity index (χ1v) is 7.80. The minimum atomic E-state index is -0.552. The Labute approximate surface area is 133 Å². The molecule has 0 amide bonds. The molecule has 1 atom stereocenters. The van der Waals surface area contributed by atoms with Crippen LogP contribution < -0.4 is 5.73 Å². The van der Waals surface area contributed by atoms with Crippen LogP contribution in [0.3, 0.4) is 0 Å². The lowest BCUT2D eigenvalue weighted by Crippen LogP contribution is -2.32. The molecule has 6 heteroatoms. The van der Waals surface area contributed by atoms with Crippen LogP contribution in [0.1, 0.15) is 46.0 Å². The van der Waals surface area contributed by atoms with Gasteiger partial charge in [-0.3, -0.25) is 0 Å². The van der Waals surface area contributed by atoms with E-state index in [-0.39, 0.29) is 11.5 Å². The molecule has 1 unspecified atom stereocenters. The quantitative estimate of drug-likeness (QED) is 0.663. The van der Waals surface area contributed by atoms with Crippen LogP contribution in [0.4, 0.5) is 0 Å². The maximum absolute atomic E-state index is 8.86. The Bertz CT molecular complexity index is 394. The van der Waals surface area contributed by atoms with Gasteiger partial charge in [-0.25, -0.2) is 0 Å². The van der Waals surface area contributed by atoms with Crippen LogP contribution in [0.5, 0.6) is 0 Å². The third kappa shape index (κ3) is 6.29. The number of nitrogens with zero attached hydrogens (tertiary/aromatic N) is 2. The lowest BCUT2D eigenvalue weighted by atomic mass is 9.77. The Morgan fingerprint density at radius 1 is 1.23 bits per heavy atom. The molecule has 0 bridgehead atoms. The van der Waals surface area contributed by atoms with E-state index >= 15 is 0 Å². The Morgan fingerprint density at radius 2 is 1.86 bits per heavy atom. The second-order valence-corrected chi connectivity index (χ2v) is 6.32. The summed E-state index contributed by atoms with van der Waals surface area (Å²) in [6, 6.07) is 4.35. The lowest BCUT2D eigenvalue weighted by Gasteiger charge is -2.32. The van der Waals surface area contributed by atoms with Crippen molar-refractivity contribution in [1.29, 1.82) is 10.5 Å². The Hall–Kier alpha value is -1.18.